The Morgan fingerprint density at radius 3 is 2.74 bits per heavy atom. The Labute approximate surface area is 166 Å². The van der Waals surface area contributed by atoms with E-state index in [1.807, 2.05) is 4.90 Å². The minimum Gasteiger partial charge on any atom is -0.320 e. The second-order valence-electron chi connectivity index (χ2n) is 8.40. The number of fused-ring (bicyclic) bond motifs is 1. The highest BCUT2D eigenvalue weighted by molar-refractivity contribution is 6.31. The zero-order chi connectivity index (χ0) is 19.0. The Morgan fingerprint density at radius 1 is 1.30 bits per heavy atom. The van der Waals surface area contributed by atoms with E-state index >= 15 is 0 Å². The Balaban J connectivity index is 1.44. The van der Waals surface area contributed by atoms with E-state index in [0.717, 1.165) is 44.4 Å². The van der Waals surface area contributed by atoms with Crippen LogP contribution in [0.2, 0.25) is 5.02 Å². The summed E-state index contributed by atoms with van der Waals surface area (Å²) in [6.07, 6.45) is 6.15. The molecule has 1 N–H and O–H groups in total. The lowest BCUT2D eigenvalue weighted by molar-refractivity contribution is 0.151. The number of nitrogens with zero attached hydrogens (tertiary/aromatic N) is 2. The summed E-state index contributed by atoms with van der Waals surface area (Å²) in [5.41, 5.74) is 0.549. The number of urea groups is 1. The van der Waals surface area contributed by atoms with Crippen molar-refractivity contribution in [3.63, 3.8) is 0 Å². The van der Waals surface area contributed by atoms with E-state index in [1.165, 1.54) is 37.8 Å². The van der Waals surface area contributed by atoms with Crippen LogP contribution in [0.15, 0.2) is 18.2 Å². The average Bonchev–Trinajstić information content (AvgIpc) is 3.09. The van der Waals surface area contributed by atoms with Gasteiger partial charge in [0.15, 0.2) is 0 Å². The van der Waals surface area contributed by atoms with Crippen LogP contribution in [-0.2, 0) is 0 Å². The molecule has 3 fully saturated rings. The summed E-state index contributed by atoms with van der Waals surface area (Å²) in [7, 11) is 0. The Hall–Kier alpha value is -1.33. The first-order valence-corrected chi connectivity index (χ1v) is 10.7. The summed E-state index contributed by atoms with van der Waals surface area (Å²) >= 11 is 5.87. The number of nitrogens with one attached hydrogen (secondary N) is 1. The molecule has 0 radical (unpaired) electrons. The van der Waals surface area contributed by atoms with Crippen LogP contribution in [0.5, 0.6) is 0 Å². The van der Waals surface area contributed by atoms with Gasteiger partial charge in [-0.15, -0.1) is 0 Å². The summed E-state index contributed by atoms with van der Waals surface area (Å²) in [6, 6.07) is 4.59. The molecule has 1 aliphatic heterocycles. The highest BCUT2D eigenvalue weighted by Crippen LogP contribution is 2.58. The number of anilines is 1. The van der Waals surface area contributed by atoms with Gasteiger partial charge in [-0.2, -0.15) is 0 Å². The van der Waals surface area contributed by atoms with Crippen LogP contribution in [0, 0.1) is 23.6 Å². The maximum atomic E-state index is 13.4. The number of rotatable bonds is 5. The lowest BCUT2D eigenvalue weighted by atomic mass is 10.1. The molecule has 27 heavy (non-hydrogen) atoms. The van der Waals surface area contributed by atoms with E-state index in [0.29, 0.717) is 17.6 Å². The van der Waals surface area contributed by atoms with Gasteiger partial charge in [-0.3, -0.25) is 0 Å². The molecule has 3 aliphatic rings. The largest absolute Gasteiger partial charge is 0.322 e. The molecule has 2 amide bonds. The number of carbonyl (C=O) groups excluding carboxylic acids is 1. The van der Waals surface area contributed by atoms with Gasteiger partial charge in [0.05, 0.1) is 5.02 Å². The third-order valence-corrected chi connectivity index (χ3v) is 7.10. The van der Waals surface area contributed by atoms with E-state index in [9.17, 15) is 9.18 Å². The lowest BCUT2D eigenvalue weighted by Crippen LogP contribution is -2.47. The monoisotopic (exact) mass is 393 g/mol. The second kappa shape index (κ2) is 7.96. The van der Waals surface area contributed by atoms with Gasteiger partial charge in [-0.05, 0) is 74.7 Å². The standard InChI is InChI=1S/C21H29ClFN3O/c1-14-16-6-8-19(20(14)16)26(12-11-25-9-3-2-4-10-25)21(27)24-15-5-7-18(23)17(22)13-15/h5,7,13-14,16,19-20H,2-4,6,8-12H2,1H3,(H,24,27). The van der Waals surface area contributed by atoms with Gasteiger partial charge < -0.3 is 15.1 Å². The number of amides is 2. The van der Waals surface area contributed by atoms with Crippen molar-refractivity contribution in [3.05, 3.63) is 29.0 Å². The Kier molecular flexibility index (Phi) is 5.60. The van der Waals surface area contributed by atoms with Crippen molar-refractivity contribution < 1.29 is 9.18 Å². The van der Waals surface area contributed by atoms with Gasteiger partial charge in [-0.1, -0.05) is 24.9 Å². The third-order valence-electron chi connectivity index (χ3n) is 6.81. The minimum absolute atomic E-state index is 0.0319. The predicted molar refractivity (Wildman–Crippen MR) is 107 cm³/mol. The van der Waals surface area contributed by atoms with Crippen molar-refractivity contribution in [2.24, 2.45) is 17.8 Å². The molecule has 1 heterocycles. The zero-order valence-corrected chi connectivity index (χ0v) is 16.7. The van der Waals surface area contributed by atoms with Crippen molar-refractivity contribution >= 4 is 23.3 Å². The Bertz CT molecular complexity index is 694. The molecule has 148 valence electrons. The van der Waals surface area contributed by atoms with Crippen LogP contribution in [0.25, 0.3) is 0 Å². The summed E-state index contributed by atoms with van der Waals surface area (Å²) < 4.78 is 13.4. The van der Waals surface area contributed by atoms with E-state index in [2.05, 4.69) is 17.1 Å². The van der Waals surface area contributed by atoms with Crippen molar-refractivity contribution in [3.8, 4) is 0 Å². The molecule has 2 aliphatic carbocycles. The highest BCUT2D eigenvalue weighted by Gasteiger charge is 2.57. The number of carbonyl (C=O) groups is 1. The maximum Gasteiger partial charge on any atom is 0.322 e. The molecule has 4 atom stereocenters. The molecule has 0 bridgehead atoms. The van der Waals surface area contributed by atoms with Crippen LogP contribution >= 0.6 is 11.6 Å². The number of hydrogen-bond donors (Lipinski definition) is 1. The van der Waals surface area contributed by atoms with Crippen LogP contribution < -0.4 is 5.32 Å². The molecule has 0 spiro atoms. The first-order chi connectivity index (χ1) is 13.0. The molecule has 4 nitrogen and oxygen atoms in total. The number of likely N-dealkylation sites (tertiary alicyclic amines) is 1. The molecular weight excluding hydrogens is 365 g/mol. The maximum absolute atomic E-state index is 13.4. The molecule has 2 saturated carbocycles. The Morgan fingerprint density at radius 2 is 2.07 bits per heavy atom. The van der Waals surface area contributed by atoms with E-state index < -0.39 is 5.82 Å². The first-order valence-electron chi connectivity index (χ1n) is 10.3. The zero-order valence-electron chi connectivity index (χ0n) is 16.0. The van der Waals surface area contributed by atoms with Gasteiger partial charge in [0, 0.05) is 24.8 Å². The molecule has 1 saturated heterocycles. The predicted octanol–water partition coefficient (Wildman–Crippen LogP) is 4.84. The SMILES string of the molecule is CC1C2CCC(N(CCN3CCCCC3)C(=O)Nc3ccc(F)c(Cl)c3)C12. The number of hydrogen-bond acceptors (Lipinski definition) is 2. The molecule has 1 aromatic rings. The summed E-state index contributed by atoms with van der Waals surface area (Å²) in [5.74, 6) is 1.70. The van der Waals surface area contributed by atoms with Crippen molar-refractivity contribution in [2.75, 3.05) is 31.5 Å². The van der Waals surface area contributed by atoms with Gasteiger partial charge in [0.2, 0.25) is 0 Å². The topological polar surface area (TPSA) is 35.6 Å². The number of piperidine rings is 1. The summed E-state index contributed by atoms with van der Waals surface area (Å²) in [5, 5.41) is 2.98. The molecule has 6 heteroatoms. The van der Waals surface area contributed by atoms with E-state index in [-0.39, 0.29) is 11.1 Å². The third kappa shape index (κ3) is 4.09. The van der Waals surface area contributed by atoms with E-state index in [1.54, 1.807) is 6.07 Å². The van der Waals surface area contributed by atoms with E-state index in [4.69, 9.17) is 11.6 Å². The summed E-state index contributed by atoms with van der Waals surface area (Å²) in [4.78, 5) is 17.6. The first kappa shape index (κ1) is 19.0. The minimum atomic E-state index is -0.470. The van der Waals surface area contributed by atoms with Gasteiger partial charge in [-0.25, -0.2) is 9.18 Å². The molecular formula is C21H29ClFN3O. The normalized spacial score (nSPS) is 30.0. The van der Waals surface area contributed by atoms with Crippen LogP contribution in [0.3, 0.4) is 0 Å². The van der Waals surface area contributed by atoms with Crippen LogP contribution in [0.1, 0.15) is 39.0 Å². The molecule has 4 unspecified atom stereocenters. The van der Waals surface area contributed by atoms with Gasteiger partial charge >= 0.3 is 6.03 Å². The smallest absolute Gasteiger partial charge is 0.320 e. The fourth-order valence-corrected chi connectivity index (χ4v) is 5.39. The quantitative estimate of drug-likeness (QED) is 0.776. The number of halogens is 2. The second-order valence-corrected chi connectivity index (χ2v) is 8.81. The average molecular weight is 394 g/mol. The molecule has 4 rings (SSSR count). The fraction of sp³-hybridized carbons (Fsp3) is 0.667. The molecule has 1 aromatic carbocycles. The van der Waals surface area contributed by atoms with Gasteiger partial charge in [0.25, 0.3) is 0 Å². The van der Waals surface area contributed by atoms with Crippen molar-refractivity contribution in [1.29, 1.82) is 0 Å². The van der Waals surface area contributed by atoms with Crippen LogP contribution in [-0.4, -0.2) is 48.1 Å². The van der Waals surface area contributed by atoms with Crippen molar-refractivity contribution in [1.82, 2.24) is 9.80 Å². The number of benzene rings is 1. The molecule has 0 aromatic heterocycles. The van der Waals surface area contributed by atoms with Crippen molar-refractivity contribution in [2.45, 2.75) is 45.1 Å². The van der Waals surface area contributed by atoms with Gasteiger partial charge in [0.1, 0.15) is 5.82 Å². The highest BCUT2D eigenvalue weighted by atomic mass is 35.5. The van der Waals surface area contributed by atoms with Crippen LogP contribution in [0.4, 0.5) is 14.9 Å². The fourth-order valence-electron chi connectivity index (χ4n) is 5.21. The lowest BCUT2D eigenvalue weighted by Gasteiger charge is -2.34. The summed E-state index contributed by atoms with van der Waals surface area (Å²) in [6.45, 7) is 6.26.